The number of ketones is 2. The molecule has 7 nitrogen and oxygen atoms in total. The number of allylic oxidation sites excluding steroid dienone is 3. The number of aryl methyl sites for hydroxylation is 1. The first kappa shape index (κ1) is 31.3. The number of aliphatic hydroxyl groups excluding tert-OH is 2. The number of benzene rings is 1. The number of rotatable bonds is 13. The van der Waals surface area contributed by atoms with Crippen LogP contribution in [0, 0.1) is 23.7 Å². The van der Waals surface area contributed by atoms with Gasteiger partial charge in [0, 0.05) is 19.0 Å². The molecule has 40 heavy (non-hydrogen) atoms. The highest BCUT2D eigenvalue weighted by atomic mass is 19.1. The van der Waals surface area contributed by atoms with Crippen LogP contribution in [0.2, 0.25) is 0 Å². The van der Waals surface area contributed by atoms with Crippen LogP contribution < -0.4 is 11.1 Å². The summed E-state index contributed by atoms with van der Waals surface area (Å²) >= 11 is 0. The van der Waals surface area contributed by atoms with Crippen molar-refractivity contribution in [2.24, 2.45) is 29.4 Å². The molecule has 1 amide bonds. The molecule has 8 heteroatoms. The zero-order valence-corrected chi connectivity index (χ0v) is 23.2. The van der Waals surface area contributed by atoms with Crippen molar-refractivity contribution in [3.8, 4) is 0 Å². The van der Waals surface area contributed by atoms with E-state index < -0.39 is 42.9 Å². The van der Waals surface area contributed by atoms with E-state index in [-0.39, 0.29) is 23.2 Å². The minimum atomic E-state index is -1.06. The first-order chi connectivity index (χ1) is 19.1. The molecule has 5 unspecified atom stereocenters. The number of hydrogen-bond acceptors (Lipinski definition) is 6. The molecule has 0 heterocycles. The largest absolute Gasteiger partial charge is 0.396 e. The molecule has 0 aliphatic heterocycles. The highest BCUT2D eigenvalue weighted by Crippen LogP contribution is 2.41. The fraction of sp³-hybridized carbons (Fsp3) is 0.469. The molecule has 1 saturated carbocycles. The Labute approximate surface area is 235 Å². The van der Waals surface area contributed by atoms with Crippen LogP contribution in [0.15, 0.2) is 66.3 Å². The number of hydrogen-bond donors (Lipinski definition) is 4. The molecule has 0 aromatic heterocycles. The highest BCUT2D eigenvalue weighted by molar-refractivity contribution is 6.20. The van der Waals surface area contributed by atoms with Crippen molar-refractivity contribution in [3.05, 3.63) is 83.0 Å². The van der Waals surface area contributed by atoms with Gasteiger partial charge in [-0.05, 0) is 66.2 Å². The number of carbonyl (C=O) groups excluding carboxylic acids is 3. The van der Waals surface area contributed by atoms with E-state index in [4.69, 9.17) is 5.73 Å². The maximum Gasteiger partial charge on any atom is 0.251 e. The molecule has 0 saturated heterocycles. The summed E-state index contributed by atoms with van der Waals surface area (Å²) in [6, 6.07) is 6.17. The average molecular weight is 553 g/mol. The van der Waals surface area contributed by atoms with E-state index in [9.17, 15) is 29.0 Å². The van der Waals surface area contributed by atoms with Gasteiger partial charge in [-0.3, -0.25) is 14.4 Å². The van der Waals surface area contributed by atoms with Gasteiger partial charge in [0.2, 0.25) is 0 Å². The number of amides is 1. The second-order valence-electron chi connectivity index (χ2n) is 10.7. The topological polar surface area (TPSA) is 130 Å². The van der Waals surface area contributed by atoms with E-state index in [0.29, 0.717) is 49.9 Å². The van der Waals surface area contributed by atoms with Gasteiger partial charge in [-0.1, -0.05) is 62.1 Å². The lowest BCUT2D eigenvalue weighted by Crippen LogP contribution is -2.40. The number of Topliss-reactive ketones (excluding diaryl/α,β-unsaturated/α-hetero) is 2. The van der Waals surface area contributed by atoms with Crippen LogP contribution in [0.25, 0.3) is 0 Å². The van der Waals surface area contributed by atoms with Gasteiger partial charge >= 0.3 is 0 Å². The summed E-state index contributed by atoms with van der Waals surface area (Å²) in [5.41, 5.74) is 9.53. The van der Waals surface area contributed by atoms with Gasteiger partial charge < -0.3 is 21.3 Å². The van der Waals surface area contributed by atoms with Crippen molar-refractivity contribution in [1.29, 1.82) is 0 Å². The number of alkyl halides is 1. The lowest BCUT2D eigenvalue weighted by molar-refractivity contribution is -0.126. The Hall–Kier alpha value is -3.20. The molecule has 2 aliphatic carbocycles. The van der Waals surface area contributed by atoms with E-state index >= 15 is 0 Å². The summed E-state index contributed by atoms with van der Waals surface area (Å²) in [5, 5.41) is 23.8. The summed E-state index contributed by atoms with van der Waals surface area (Å²) in [7, 11) is 0. The number of carbonyl (C=O) groups is 3. The van der Waals surface area contributed by atoms with Gasteiger partial charge in [0.25, 0.3) is 5.91 Å². The van der Waals surface area contributed by atoms with Gasteiger partial charge in [-0.2, -0.15) is 0 Å². The van der Waals surface area contributed by atoms with Crippen molar-refractivity contribution < 1.29 is 29.0 Å². The van der Waals surface area contributed by atoms with E-state index in [1.807, 2.05) is 12.1 Å². The first-order valence-electron chi connectivity index (χ1n) is 13.9. The summed E-state index contributed by atoms with van der Waals surface area (Å²) < 4.78 is 12.4. The van der Waals surface area contributed by atoms with E-state index in [0.717, 1.165) is 17.5 Å². The van der Waals surface area contributed by atoms with Crippen LogP contribution in [0.1, 0.15) is 42.9 Å². The van der Waals surface area contributed by atoms with Crippen LogP contribution in [0.4, 0.5) is 4.39 Å². The van der Waals surface area contributed by atoms with Crippen LogP contribution in [-0.2, 0) is 33.8 Å². The maximum atomic E-state index is 13.3. The lowest BCUT2D eigenvalue weighted by Gasteiger charge is -2.37. The maximum absolute atomic E-state index is 13.3. The molecule has 5 N–H and O–H groups in total. The molecular formula is C32H41FN2O5. The van der Waals surface area contributed by atoms with Crippen LogP contribution in [0.3, 0.4) is 0 Å². The standard InChI is InChI=1S/C32H41FN2O5/c1-4-22-9-8-21(17-35-13-12-33)15-23(22)6-5-7-28(37)29-19(2)14-25(20(3)30(29)38)16-24-10-11-26(32(34)40)31(39)27(24)18-36/h5,7-9,11,15,24-25,27-29,35-37H,2-4,6,10,12-14,16-18H2,1H3,(H2,34,40)/b7-5-. The molecule has 0 bridgehead atoms. The van der Waals surface area contributed by atoms with Crippen LogP contribution in [-0.4, -0.2) is 53.6 Å². The Balaban J connectivity index is 1.65. The van der Waals surface area contributed by atoms with E-state index in [1.54, 1.807) is 6.08 Å². The molecule has 1 aromatic carbocycles. The minimum absolute atomic E-state index is 0.0838. The van der Waals surface area contributed by atoms with Crippen LogP contribution >= 0.6 is 0 Å². The number of nitrogens with two attached hydrogens (primary N) is 1. The van der Waals surface area contributed by atoms with Gasteiger partial charge in [0.1, 0.15) is 6.67 Å². The Morgan fingerprint density at radius 1 is 1.25 bits per heavy atom. The van der Waals surface area contributed by atoms with E-state index in [2.05, 4.69) is 37.5 Å². The molecule has 2 aliphatic rings. The molecule has 3 rings (SSSR count). The Morgan fingerprint density at radius 3 is 2.65 bits per heavy atom. The summed E-state index contributed by atoms with van der Waals surface area (Å²) in [4.78, 5) is 37.5. The van der Waals surface area contributed by atoms with Crippen LogP contribution in [0.5, 0.6) is 0 Å². The highest BCUT2D eigenvalue weighted by Gasteiger charge is 2.41. The number of halogens is 1. The van der Waals surface area contributed by atoms with E-state index in [1.165, 1.54) is 11.6 Å². The third-order valence-corrected chi connectivity index (χ3v) is 8.15. The molecule has 1 fully saturated rings. The van der Waals surface area contributed by atoms with Gasteiger partial charge in [-0.25, -0.2) is 4.39 Å². The SMILES string of the molecule is C=C1C(=O)C(C(O)/C=C\Cc2cc(CNCCF)ccc2CC)C(=C)CC1CC1CC=C(C(N)=O)C(=O)C1CO. The van der Waals surface area contributed by atoms with Gasteiger partial charge in [-0.15, -0.1) is 0 Å². The summed E-state index contributed by atoms with van der Waals surface area (Å²) in [6.07, 6.45) is 6.63. The first-order valence-corrected chi connectivity index (χ1v) is 13.9. The Kier molecular flexibility index (Phi) is 11.3. The number of nitrogens with one attached hydrogen (secondary N) is 1. The monoisotopic (exact) mass is 552 g/mol. The Morgan fingerprint density at radius 2 is 2.00 bits per heavy atom. The normalized spacial score (nSPS) is 24.4. The van der Waals surface area contributed by atoms with Gasteiger partial charge in [0.05, 0.1) is 24.2 Å². The fourth-order valence-corrected chi connectivity index (χ4v) is 5.87. The van der Waals surface area contributed by atoms with Crippen molar-refractivity contribution in [2.45, 2.75) is 51.7 Å². The zero-order valence-electron chi connectivity index (χ0n) is 23.2. The van der Waals surface area contributed by atoms with Gasteiger partial charge in [0.15, 0.2) is 11.6 Å². The number of primary amides is 1. The Bertz CT molecular complexity index is 1200. The predicted octanol–water partition coefficient (Wildman–Crippen LogP) is 3.08. The molecule has 216 valence electrons. The third kappa shape index (κ3) is 7.30. The second kappa shape index (κ2) is 14.4. The van der Waals surface area contributed by atoms with Crippen molar-refractivity contribution in [1.82, 2.24) is 5.32 Å². The molecule has 0 radical (unpaired) electrons. The summed E-state index contributed by atoms with van der Waals surface area (Å²) in [5.74, 6) is -3.65. The minimum Gasteiger partial charge on any atom is -0.396 e. The van der Waals surface area contributed by atoms with Crippen molar-refractivity contribution in [3.63, 3.8) is 0 Å². The molecular weight excluding hydrogens is 511 g/mol. The third-order valence-electron chi connectivity index (χ3n) is 8.15. The average Bonchev–Trinajstić information content (AvgIpc) is 2.92. The quantitative estimate of drug-likeness (QED) is 0.129. The van der Waals surface area contributed by atoms with Crippen molar-refractivity contribution >= 4 is 17.5 Å². The molecule has 1 aromatic rings. The lowest BCUT2D eigenvalue weighted by atomic mass is 9.67. The molecule has 0 spiro atoms. The second-order valence-corrected chi connectivity index (χ2v) is 10.7. The predicted molar refractivity (Wildman–Crippen MR) is 153 cm³/mol. The van der Waals surface area contributed by atoms with Crippen molar-refractivity contribution in [2.75, 3.05) is 19.8 Å². The number of aliphatic hydroxyl groups is 2. The zero-order chi connectivity index (χ0) is 29.4. The smallest absolute Gasteiger partial charge is 0.251 e. The molecule has 5 atom stereocenters. The fourth-order valence-electron chi connectivity index (χ4n) is 5.87. The summed E-state index contributed by atoms with van der Waals surface area (Å²) in [6.45, 7) is 10.2.